The van der Waals surface area contributed by atoms with Gasteiger partial charge in [0.1, 0.15) is 0 Å². The molecule has 195 valence electrons. The molecule has 1 N–H and O–H groups in total. The van der Waals surface area contributed by atoms with Gasteiger partial charge in [-0.2, -0.15) is 0 Å². The molecule has 4 nitrogen and oxygen atoms in total. The molecular formula is C31H39IrN2O2-. The fraction of sp³-hybridized carbons (Fsp3) is 0.387. The predicted octanol–water partition coefficient (Wildman–Crippen LogP) is 8.33. The number of allylic oxidation sites excluding steroid dienone is 2. The van der Waals surface area contributed by atoms with Crippen LogP contribution in [0.5, 0.6) is 0 Å². The first-order valence-corrected chi connectivity index (χ1v) is 12.8. The number of aliphatic hydroxyl groups excluding tert-OH is 1. The van der Waals surface area contributed by atoms with E-state index in [1.165, 1.54) is 88.0 Å². The average Bonchev–Trinajstić information content (AvgIpc) is 2.86. The van der Waals surface area contributed by atoms with E-state index in [1.54, 1.807) is 0 Å². The van der Waals surface area contributed by atoms with E-state index in [9.17, 15) is 4.79 Å². The molecule has 0 spiro atoms. The molecule has 0 atom stereocenters. The fourth-order valence-electron chi connectivity index (χ4n) is 3.79. The van der Waals surface area contributed by atoms with Crippen LogP contribution in [-0.2, 0) is 31.3 Å². The molecule has 0 bridgehead atoms. The van der Waals surface area contributed by atoms with Crippen LogP contribution in [0.4, 0.5) is 0 Å². The van der Waals surface area contributed by atoms with E-state index in [2.05, 4.69) is 59.4 Å². The summed E-state index contributed by atoms with van der Waals surface area (Å²) in [5.74, 6) is 0.685. The van der Waals surface area contributed by atoms with Crippen LogP contribution in [-0.4, -0.2) is 20.9 Å². The summed E-state index contributed by atoms with van der Waals surface area (Å²) in [6.45, 7) is 5.12. The number of aromatic nitrogens is 2. The number of unbranched alkanes of at least 4 members (excludes halogenated alkanes) is 7. The monoisotopic (exact) mass is 664 g/mol. The molecule has 0 fully saturated rings. The maximum Gasteiger partial charge on any atom is 0.155 e. The van der Waals surface area contributed by atoms with E-state index >= 15 is 0 Å². The van der Waals surface area contributed by atoms with Crippen LogP contribution >= 0.6 is 0 Å². The molecule has 3 rings (SSSR count). The fourth-order valence-corrected chi connectivity index (χ4v) is 3.79. The van der Waals surface area contributed by atoms with Crippen molar-refractivity contribution in [1.82, 2.24) is 9.97 Å². The van der Waals surface area contributed by atoms with E-state index in [0.717, 1.165) is 17.8 Å². The van der Waals surface area contributed by atoms with Crippen LogP contribution in [0.2, 0.25) is 0 Å². The second kappa shape index (κ2) is 18.6. The van der Waals surface area contributed by atoms with Crippen LogP contribution in [0.15, 0.2) is 72.8 Å². The number of benzene rings is 2. The second-order valence-corrected chi connectivity index (χ2v) is 8.89. The first kappa shape index (κ1) is 31.4. The molecule has 0 saturated carbocycles. The molecule has 0 amide bonds. The molecule has 0 aliphatic carbocycles. The minimum absolute atomic E-state index is 0. The van der Waals surface area contributed by atoms with E-state index in [1.807, 2.05) is 24.5 Å². The Morgan fingerprint density at radius 1 is 0.889 bits per heavy atom. The number of ketones is 1. The van der Waals surface area contributed by atoms with Crippen molar-refractivity contribution in [3.05, 3.63) is 84.4 Å². The molecule has 3 aromatic rings. The van der Waals surface area contributed by atoms with Gasteiger partial charge in [0.25, 0.3) is 0 Å². The summed E-state index contributed by atoms with van der Waals surface area (Å²) in [5, 5.41) is 8.36. The van der Waals surface area contributed by atoms with E-state index in [-0.39, 0.29) is 31.6 Å². The summed E-state index contributed by atoms with van der Waals surface area (Å²) in [5.41, 5.74) is 4.54. The Morgan fingerprint density at radius 3 is 2.06 bits per heavy atom. The molecule has 1 radical (unpaired) electrons. The summed E-state index contributed by atoms with van der Waals surface area (Å²) in [6.07, 6.45) is 17.0. The number of carbonyl (C=O) groups excluding carboxylic acids is 1. The SMILES string of the molecule is CC(=O)C=C(C)O.CCCCCCCCCCc1cnc(-c2[c-]ccc(-c3ccccc3)c2)nc1.[Ir]. The minimum Gasteiger partial charge on any atom is -0.512 e. The quantitative estimate of drug-likeness (QED) is 0.0917. The zero-order chi connectivity index (χ0) is 25.3. The van der Waals surface area contributed by atoms with Crippen molar-refractivity contribution >= 4 is 5.78 Å². The van der Waals surface area contributed by atoms with Crippen LogP contribution in [0.1, 0.15) is 77.7 Å². The van der Waals surface area contributed by atoms with Crippen molar-refractivity contribution in [2.24, 2.45) is 0 Å². The smallest absolute Gasteiger partial charge is 0.155 e. The van der Waals surface area contributed by atoms with E-state index in [0.29, 0.717) is 0 Å². The van der Waals surface area contributed by atoms with Gasteiger partial charge in [0, 0.05) is 38.6 Å². The Morgan fingerprint density at radius 2 is 1.50 bits per heavy atom. The third kappa shape index (κ3) is 12.9. The van der Waals surface area contributed by atoms with Crippen LogP contribution < -0.4 is 0 Å². The van der Waals surface area contributed by atoms with Gasteiger partial charge in [0.15, 0.2) is 5.78 Å². The van der Waals surface area contributed by atoms with Gasteiger partial charge in [-0.1, -0.05) is 82.2 Å². The summed E-state index contributed by atoms with van der Waals surface area (Å²) < 4.78 is 0. The number of rotatable bonds is 12. The van der Waals surface area contributed by atoms with Crippen LogP contribution in [0, 0.1) is 6.07 Å². The Hall–Kier alpha value is -2.62. The van der Waals surface area contributed by atoms with Crippen LogP contribution in [0.25, 0.3) is 22.5 Å². The van der Waals surface area contributed by atoms with Crippen molar-refractivity contribution in [1.29, 1.82) is 0 Å². The van der Waals surface area contributed by atoms with Gasteiger partial charge in [-0.3, -0.25) is 14.8 Å². The van der Waals surface area contributed by atoms with Gasteiger partial charge < -0.3 is 5.11 Å². The third-order valence-electron chi connectivity index (χ3n) is 5.59. The third-order valence-corrected chi connectivity index (χ3v) is 5.59. The Balaban J connectivity index is 0.000000712. The maximum absolute atomic E-state index is 10.0. The summed E-state index contributed by atoms with van der Waals surface area (Å²) in [4.78, 5) is 19.2. The normalized spacial score (nSPS) is 10.7. The molecular weight excluding hydrogens is 625 g/mol. The number of hydrogen-bond acceptors (Lipinski definition) is 4. The van der Waals surface area contributed by atoms with E-state index in [4.69, 9.17) is 5.11 Å². The molecule has 0 unspecified atom stereocenters. The van der Waals surface area contributed by atoms with Gasteiger partial charge in [-0.25, -0.2) is 0 Å². The van der Waals surface area contributed by atoms with Gasteiger partial charge in [-0.05, 0) is 37.8 Å². The maximum atomic E-state index is 10.0. The van der Waals surface area contributed by atoms with Gasteiger partial charge in [0.2, 0.25) is 0 Å². The molecule has 0 aliphatic heterocycles. The topological polar surface area (TPSA) is 63.1 Å². The second-order valence-electron chi connectivity index (χ2n) is 8.89. The Bertz CT molecular complexity index is 1030. The van der Waals surface area contributed by atoms with Crippen molar-refractivity contribution < 1.29 is 30.0 Å². The molecule has 1 aromatic heterocycles. The predicted molar refractivity (Wildman–Crippen MR) is 145 cm³/mol. The van der Waals surface area contributed by atoms with Gasteiger partial charge >= 0.3 is 0 Å². The molecule has 36 heavy (non-hydrogen) atoms. The zero-order valence-electron chi connectivity index (χ0n) is 21.8. The average molecular weight is 664 g/mol. The summed E-state index contributed by atoms with van der Waals surface area (Å²) in [6, 6.07) is 19.8. The van der Waals surface area contributed by atoms with Crippen molar-refractivity contribution in [3.8, 4) is 22.5 Å². The minimum atomic E-state index is -0.125. The van der Waals surface area contributed by atoms with Crippen LogP contribution in [0.3, 0.4) is 0 Å². The number of hydrogen-bond donors (Lipinski definition) is 1. The Labute approximate surface area is 230 Å². The standard InChI is InChI=1S/C26H31N2.C5H8O2.Ir/c1-2-3-4-5-6-7-8-10-14-22-20-27-26(28-21-22)25-18-13-17-24(19-25)23-15-11-9-12-16-23;1-4(6)3-5(2)7;/h9,11-13,15-17,19-21H,2-8,10,14H2,1H3;3,6H,1-2H3;/q-1;;. The summed E-state index contributed by atoms with van der Waals surface area (Å²) in [7, 11) is 0. The number of aryl methyl sites for hydroxylation is 1. The molecule has 5 heteroatoms. The van der Waals surface area contributed by atoms with Gasteiger partial charge in [-0.15, -0.1) is 35.4 Å². The van der Waals surface area contributed by atoms with Crippen molar-refractivity contribution in [2.75, 3.05) is 0 Å². The number of nitrogens with zero attached hydrogens (tertiary/aromatic N) is 2. The van der Waals surface area contributed by atoms with Gasteiger partial charge in [0.05, 0.1) is 11.6 Å². The number of aliphatic hydroxyl groups is 1. The molecule has 0 saturated heterocycles. The van der Waals surface area contributed by atoms with Crippen molar-refractivity contribution in [2.45, 2.75) is 78.6 Å². The molecule has 0 aliphatic rings. The van der Waals surface area contributed by atoms with E-state index < -0.39 is 0 Å². The zero-order valence-corrected chi connectivity index (χ0v) is 24.2. The first-order valence-electron chi connectivity index (χ1n) is 12.8. The molecule has 1 heterocycles. The molecule has 2 aromatic carbocycles. The summed E-state index contributed by atoms with van der Waals surface area (Å²) >= 11 is 0. The Kier molecular flexibility index (Phi) is 16.2. The van der Waals surface area contributed by atoms with Crippen molar-refractivity contribution in [3.63, 3.8) is 0 Å². The first-order chi connectivity index (χ1) is 17.0. The largest absolute Gasteiger partial charge is 0.512 e. The number of carbonyl (C=O) groups is 1.